The summed E-state index contributed by atoms with van der Waals surface area (Å²) < 4.78 is 1.20. The minimum atomic E-state index is 0. The quantitative estimate of drug-likeness (QED) is 0.293. The Balaban J connectivity index is 0. The van der Waals surface area contributed by atoms with Gasteiger partial charge in [-0.3, -0.25) is 0 Å². The second kappa shape index (κ2) is 13.4. The molecular formula is C14H31Br2N. The summed E-state index contributed by atoms with van der Waals surface area (Å²) >= 11 is 3.51. The van der Waals surface area contributed by atoms with Gasteiger partial charge in [-0.25, -0.2) is 0 Å². The van der Waals surface area contributed by atoms with E-state index in [9.17, 15) is 0 Å². The first kappa shape index (κ1) is 20.2. The van der Waals surface area contributed by atoms with Crippen LogP contribution in [-0.4, -0.2) is 37.0 Å². The highest BCUT2D eigenvalue weighted by atomic mass is 79.9. The molecule has 0 aromatic heterocycles. The molecule has 0 bridgehead atoms. The van der Waals surface area contributed by atoms with Crippen molar-refractivity contribution < 1.29 is 21.5 Å². The third-order valence-electron chi connectivity index (χ3n) is 3.26. The molecule has 0 rings (SSSR count). The van der Waals surface area contributed by atoms with E-state index >= 15 is 0 Å². The fraction of sp³-hybridized carbons (Fsp3) is 1.00. The van der Waals surface area contributed by atoms with Crippen LogP contribution in [0.3, 0.4) is 0 Å². The van der Waals surface area contributed by atoms with Crippen LogP contribution in [0.15, 0.2) is 0 Å². The topological polar surface area (TPSA) is 0 Å². The van der Waals surface area contributed by atoms with Crippen LogP contribution in [0.2, 0.25) is 0 Å². The van der Waals surface area contributed by atoms with Crippen molar-refractivity contribution >= 4 is 15.9 Å². The van der Waals surface area contributed by atoms with E-state index in [1.165, 1.54) is 68.9 Å². The van der Waals surface area contributed by atoms with E-state index in [1.807, 2.05) is 0 Å². The van der Waals surface area contributed by atoms with Crippen LogP contribution in [0.4, 0.5) is 0 Å². The van der Waals surface area contributed by atoms with Gasteiger partial charge in [0.1, 0.15) is 0 Å². The molecule has 0 heterocycles. The van der Waals surface area contributed by atoms with Gasteiger partial charge in [0.25, 0.3) is 0 Å². The molecule has 0 saturated heterocycles. The number of rotatable bonds is 11. The number of unbranched alkanes of at least 4 members (excludes halogenated alkanes) is 6. The minimum absolute atomic E-state index is 0. The lowest BCUT2D eigenvalue weighted by atomic mass is 10.1. The molecule has 0 aromatic rings. The Hall–Kier alpha value is 0.920. The van der Waals surface area contributed by atoms with Crippen molar-refractivity contribution in [1.82, 2.24) is 0 Å². The van der Waals surface area contributed by atoms with Gasteiger partial charge in [0.05, 0.1) is 27.2 Å². The number of hydrogen-bond acceptors (Lipinski definition) is 0. The highest BCUT2D eigenvalue weighted by Gasteiger charge is 2.12. The van der Waals surface area contributed by atoms with Crippen LogP contribution in [0.25, 0.3) is 0 Å². The third kappa shape index (κ3) is 14.9. The van der Waals surface area contributed by atoms with E-state index in [-0.39, 0.29) is 17.0 Å². The lowest BCUT2D eigenvalue weighted by molar-refractivity contribution is -0.890. The zero-order valence-electron chi connectivity index (χ0n) is 12.0. The molecule has 0 saturated carbocycles. The predicted molar refractivity (Wildman–Crippen MR) is 78.2 cm³/mol. The first-order valence-corrected chi connectivity index (χ1v) is 8.12. The van der Waals surface area contributed by atoms with Gasteiger partial charge in [-0.15, -0.1) is 0 Å². The van der Waals surface area contributed by atoms with Crippen LogP contribution < -0.4 is 17.0 Å². The standard InChI is InChI=1S/C14H31BrN.BrH/c1-4-5-6-7-8-9-10-13-16(2,3)14-11-12-15;/h4-14H2,1-3H3;1H/q+1;/p-1. The molecule has 0 aliphatic carbocycles. The van der Waals surface area contributed by atoms with E-state index in [0.717, 1.165) is 5.33 Å². The fourth-order valence-corrected chi connectivity index (χ4v) is 2.35. The smallest absolute Gasteiger partial charge is 0.0790 e. The zero-order valence-corrected chi connectivity index (χ0v) is 15.2. The fourth-order valence-electron chi connectivity index (χ4n) is 2.10. The maximum absolute atomic E-state index is 3.51. The van der Waals surface area contributed by atoms with E-state index in [2.05, 4.69) is 36.9 Å². The second-order valence-electron chi connectivity index (χ2n) is 5.55. The Kier molecular flexibility index (Phi) is 15.9. The molecule has 0 aliphatic rings. The molecule has 1 nitrogen and oxygen atoms in total. The number of nitrogens with zero attached hydrogens (tertiary/aromatic N) is 1. The monoisotopic (exact) mass is 371 g/mol. The van der Waals surface area contributed by atoms with E-state index < -0.39 is 0 Å². The zero-order chi connectivity index (χ0) is 12.3. The summed E-state index contributed by atoms with van der Waals surface area (Å²) in [7, 11) is 4.72. The van der Waals surface area contributed by atoms with Crippen LogP contribution in [0.1, 0.15) is 58.3 Å². The first-order chi connectivity index (χ1) is 7.62. The molecule has 3 heteroatoms. The maximum atomic E-state index is 3.51. The first-order valence-electron chi connectivity index (χ1n) is 7.00. The molecule has 0 atom stereocenters. The Morgan fingerprint density at radius 3 is 1.76 bits per heavy atom. The average molecular weight is 373 g/mol. The molecule has 0 unspecified atom stereocenters. The highest BCUT2D eigenvalue weighted by Crippen LogP contribution is 2.09. The third-order valence-corrected chi connectivity index (χ3v) is 3.82. The summed E-state index contributed by atoms with van der Waals surface area (Å²) in [6.07, 6.45) is 11.2. The SMILES string of the molecule is CCCCCCCCC[N+](C)(C)CCCBr.[Br-]. The summed E-state index contributed by atoms with van der Waals surface area (Å²) in [4.78, 5) is 0. The summed E-state index contributed by atoms with van der Waals surface area (Å²) in [6, 6.07) is 0. The van der Waals surface area contributed by atoms with Crippen molar-refractivity contribution in [1.29, 1.82) is 0 Å². The largest absolute Gasteiger partial charge is 1.00 e. The number of quaternary nitrogens is 1. The average Bonchev–Trinajstić information content (AvgIpc) is 2.25. The molecular weight excluding hydrogens is 342 g/mol. The van der Waals surface area contributed by atoms with Gasteiger partial charge in [-0.2, -0.15) is 0 Å². The van der Waals surface area contributed by atoms with Crippen molar-refractivity contribution in [2.75, 3.05) is 32.5 Å². The van der Waals surface area contributed by atoms with Gasteiger partial charge in [0, 0.05) is 11.8 Å². The van der Waals surface area contributed by atoms with Gasteiger partial charge in [-0.1, -0.05) is 55.0 Å². The highest BCUT2D eigenvalue weighted by molar-refractivity contribution is 9.09. The van der Waals surface area contributed by atoms with E-state index in [4.69, 9.17) is 0 Å². The second-order valence-corrected chi connectivity index (χ2v) is 6.34. The molecule has 0 spiro atoms. The molecule has 0 fully saturated rings. The van der Waals surface area contributed by atoms with Crippen molar-refractivity contribution in [3.63, 3.8) is 0 Å². The number of halogens is 2. The van der Waals surface area contributed by atoms with Gasteiger partial charge in [0.2, 0.25) is 0 Å². The Morgan fingerprint density at radius 1 is 0.765 bits per heavy atom. The van der Waals surface area contributed by atoms with Gasteiger partial charge in [-0.05, 0) is 12.8 Å². The van der Waals surface area contributed by atoms with Crippen molar-refractivity contribution in [2.24, 2.45) is 0 Å². The molecule has 0 aliphatic heterocycles. The van der Waals surface area contributed by atoms with E-state index in [1.54, 1.807) is 0 Å². The molecule has 0 radical (unpaired) electrons. The summed E-state index contributed by atoms with van der Waals surface area (Å²) in [5.74, 6) is 0. The molecule has 17 heavy (non-hydrogen) atoms. The van der Waals surface area contributed by atoms with Crippen LogP contribution >= 0.6 is 15.9 Å². The Labute approximate surface area is 128 Å². The predicted octanol–water partition coefficient (Wildman–Crippen LogP) is 1.60. The van der Waals surface area contributed by atoms with Crippen LogP contribution in [0, 0.1) is 0 Å². The van der Waals surface area contributed by atoms with Gasteiger partial charge in [0.15, 0.2) is 0 Å². The minimum Gasteiger partial charge on any atom is -1.00 e. The number of hydrogen-bond donors (Lipinski definition) is 0. The van der Waals surface area contributed by atoms with Gasteiger partial charge >= 0.3 is 0 Å². The molecule has 0 aromatic carbocycles. The lowest BCUT2D eigenvalue weighted by Crippen LogP contribution is -3.00. The maximum Gasteiger partial charge on any atom is 0.0790 e. The Bertz CT molecular complexity index is 149. The summed E-state index contributed by atoms with van der Waals surface area (Å²) in [6.45, 7) is 4.94. The normalized spacial score (nSPS) is 11.3. The molecule has 106 valence electrons. The van der Waals surface area contributed by atoms with Crippen LogP contribution in [0.5, 0.6) is 0 Å². The summed E-state index contributed by atoms with van der Waals surface area (Å²) in [5.41, 5.74) is 0. The van der Waals surface area contributed by atoms with Crippen molar-refractivity contribution in [3.8, 4) is 0 Å². The van der Waals surface area contributed by atoms with Crippen molar-refractivity contribution in [3.05, 3.63) is 0 Å². The van der Waals surface area contributed by atoms with E-state index in [0.29, 0.717) is 0 Å². The number of alkyl halides is 1. The van der Waals surface area contributed by atoms with Gasteiger partial charge < -0.3 is 21.5 Å². The van der Waals surface area contributed by atoms with Crippen LogP contribution in [-0.2, 0) is 0 Å². The molecule has 0 amide bonds. The molecule has 0 N–H and O–H groups in total. The lowest BCUT2D eigenvalue weighted by Gasteiger charge is -2.29. The van der Waals surface area contributed by atoms with Crippen molar-refractivity contribution in [2.45, 2.75) is 58.3 Å². The summed E-state index contributed by atoms with van der Waals surface area (Å²) in [5, 5.41) is 1.14. The Morgan fingerprint density at radius 2 is 1.24 bits per heavy atom.